The van der Waals surface area contributed by atoms with Gasteiger partial charge in [0, 0.05) is 38.3 Å². The molecule has 2 aliphatic rings. The van der Waals surface area contributed by atoms with Crippen LogP contribution in [0, 0.1) is 24.2 Å². The van der Waals surface area contributed by atoms with Crippen molar-refractivity contribution in [1.29, 1.82) is 0 Å². The predicted octanol–water partition coefficient (Wildman–Crippen LogP) is 1.65. The Balaban J connectivity index is 1.62. The Morgan fingerprint density at radius 2 is 2.15 bits per heavy atom. The second-order valence-electron chi connectivity index (χ2n) is 7.76. The summed E-state index contributed by atoms with van der Waals surface area (Å²) < 4.78 is 15.9. The number of likely N-dealkylation sites (tertiary alicyclic amines) is 2. The fraction of sp³-hybridized carbons (Fsp3) is 0.526. The van der Waals surface area contributed by atoms with Crippen molar-refractivity contribution >= 4 is 17.5 Å². The van der Waals surface area contributed by atoms with Crippen molar-refractivity contribution in [3.8, 4) is 0 Å². The molecule has 0 aromatic carbocycles. The molecule has 7 nitrogen and oxygen atoms in total. The minimum atomic E-state index is -0.975. The summed E-state index contributed by atoms with van der Waals surface area (Å²) in [5, 5.41) is 9.87. The molecule has 1 amide bonds. The highest BCUT2D eigenvalue weighted by Gasteiger charge is 2.58. The van der Waals surface area contributed by atoms with E-state index in [0.717, 1.165) is 18.5 Å². The maximum atomic E-state index is 14.7. The van der Waals surface area contributed by atoms with E-state index >= 15 is 0 Å². The van der Waals surface area contributed by atoms with Crippen molar-refractivity contribution in [2.24, 2.45) is 11.3 Å². The maximum Gasteiger partial charge on any atom is 0.313 e. The van der Waals surface area contributed by atoms with Gasteiger partial charge in [0.15, 0.2) is 5.69 Å². The van der Waals surface area contributed by atoms with Crippen LogP contribution in [-0.4, -0.2) is 68.9 Å². The first-order chi connectivity index (χ1) is 12.9. The van der Waals surface area contributed by atoms with Crippen LogP contribution in [0.3, 0.4) is 0 Å². The van der Waals surface area contributed by atoms with Crippen LogP contribution in [0.4, 0.5) is 4.39 Å². The number of imidazole rings is 1. The summed E-state index contributed by atoms with van der Waals surface area (Å²) in [6.45, 7) is 6.27. The number of nitrogens with zero attached hydrogens (tertiary/aromatic N) is 4. The lowest BCUT2D eigenvalue weighted by atomic mass is 9.81. The number of fused-ring (bicyclic) bond motifs is 2. The van der Waals surface area contributed by atoms with E-state index in [9.17, 15) is 19.1 Å². The molecule has 0 saturated carbocycles. The average Bonchev–Trinajstić information content (AvgIpc) is 3.23. The van der Waals surface area contributed by atoms with Crippen LogP contribution in [0.1, 0.15) is 29.4 Å². The van der Waals surface area contributed by atoms with Crippen LogP contribution in [0.5, 0.6) is 0 Å². The van der Waals surface area contributed by atoms with Gasteiger partial charge in [-0.3, -0.25) is 14.0 Å². The molecule has 0 unspecified atom stereocenters. The zero-order chi connectivity index (χ0) is 19.3. The van der Waals surface area contributed by atoms with Gasteiger partial charge in [-0.05, 0) is 37.6 Å². The van der Waals surface area contributed by atoms with Crippen LogP contribution < -0.4 is 0 Å². The van der Waals surface area contributed by atoms with Crippen LogP contribution in [0.25, 0.3) is 5.65 Å². The second kappa shape index (κ2) is 6.30. The Labute approximate surface area is 156 Å². The highest BCUT2D eigenvalue weighted by molar-refractivity contribution is 5.94. The molecule has 2 saturated heterocycles. The quantitative estimate of drug-likeness (QED) is 0.881. The summed E-state index contributed by atoms with van der Waals surface area (Å²) >= 11 is 0. The number of aliphatic carboxylic acids is 1. The number of hydrogen-bond donors (Lipinski definition) is 1. The fourth-order valence-corrected chi connectivity index (χ4v) is 4.52. The first-order valence-corrected chi connectivity index (χ1v) is 9.25. The predicted molar refractivity (Wildman–Crippen MR) is 96.1 cm³/mol. The number of carboxylic acids is 1. The van der Waals surface area contributed by atoms with Crippen molar-refractivity contribution in [2.75, 3.05) is 32.7 Å². The molecule has 2 aliphatic heterocycles. The summed E-state index contributed by atoms with van der Waals surface area (Å²) in [7, 11) is 0. The number of carbonyl (C=O) groups excluding carboxylic acids is 1. The number of aryl methyl sites for hydroxylation is 1. The van der Waals surface area contributed by atoms with E-state index in [2.05, 4.69) is 16.8 Å². The number of halogens is 1. The molecule has 2 fully saturated rings. The standard InChI is InChI=1S/C19H23FN4O3/c1-3-5-22-8-13-9-23(11-19(13,10-22)18(26)27)17(25)15-16(20)24-6-4-12(2)7-14(24)21-15/h4,6-7,13H,3,5,8-11H2,1-2H3,(H,26,27)/t13-,19-/m0/s1. The zero-order valence-electron chi connectivity index (χ0n) is 15.5. The van der Waals surface area contributed by atoms with E-state index < -0.39 is 23.2 Å². The maximum absolute atomic E-state index is 14.7. The molecule has 1 N–H and O–H groups in total. The molecule has 2 aromatic rings. The van der Waals surface area contributed by atoms with E-state index in [1.54, 1.807) is 18.3 Å². The Morgan fingerprint density at radius 3 is 2.81 bits per heavy atom. The van der Waals surface area contributed by atoms with E-state index in [0.29, 0.717) is 25.3 Å². The molecule has 0 aliphatic carbocycles. The Bertz CT molecular complexity index is 927. The van der Waals surface area contributed by atoms with Gasteiger partial charge in [0.2, 0.25) is 5.95 Å². The van der Waals surface area contributed by atoms with E-state index in [1.165, 1.54) is 9.30 Å². The minimum absolute atomic E-state index is 0.0956. The third-order valence-corrected chi connectivity index (χ3v) is 5.86. The Kier molecular flexibility index (Phi) is 4.18. The van der Waals surface area contributed by atoms with Crippen molar-refractivity contribution in [2.45, 2.75) is 20.3 Å². The number of amides is 1. The number of rotatable bonds is 4. The molecular weight excluding hydrogens is 351 g/mol. The molecule has 8 heteroatoms. The second-order valence-corrected chi connectivity index (χ2v) is 7.76. The van der Waals surface area contributed by atoms with Gasteiger partial charge in [-0.25, -0.2) is 4.98 Å². The topological polar surface area (TPSA) is 78.1 Å². The van der Waals surface area contributed by atoms with Crippen LogP contribution in [0.15, 0.2) is 18.3 Å². The number of hydrogen-bond acceptors (Lipinski definition) is 4. The lowest BCUT2D eigenvalue weighted by Gasteiger charge is -2.25. The molecule has 2 atom stereocenters. The van der Waals surface area contributed by atoms with Crippen LogP contribution in [0.2, 0.25) is 0 Å². The van der Waals surface area contributed by atoms with Crippen LogP contribution >= 0.6 is 0 Å². The van der Waals surface area contributed by atoms with Gasteiger partial charge in [0.05, 0.1) is 0 Å². The molecule has 144 valence electrons. The number of pyridine rings is 1. The molecule has 0 spiro atoms. The zero-order valence-corrected chi connectivity index (χ0v) is 15.5. The SMILES string of the molecule is CCCN1C[C@H]2CN(C(=O)c3nc4cc(C)ccn4c3F)C[C@@]2(C(=O)O)C1. The first kappa shape index (κ1) is 17.9. The van der Waals surface area contributed by atoms with Gasteiger partial charge in [-0.15, -0.1) is 0 Å². The van der Waals surface area contributed by atoms with Gasteiger partial charge in [-0.2, -0.15) is 4.39 Å². The van der Waals surface area contributed by atoms with Gasteiger partial charge in [0.25, 0.3) is 5.91 Å². The third-order valence-electron chi connectivity index (χ3n) is 5.86. The van der Waals surface area contributed by atoms with Gasteiger partial charge in [-0.1, -0.05) is 6.92 Å². The molecule has 4 rings (SSSR count). The number of carboxylic acid groups (broad SMARTS) is 1. The monoisotopic (exact) mass is 374 g/mol. The normalized spacial score (nSPS) is 25.3. The summed E-state index contributed by atoms with van der Waals surface area (Å²) in [6, 6.07) is 3.45. The van der Waals surface area contributed by atoms with Crippen molar-refractivity contribution in [1.82, 2.24) is 19.2 Å². The van der Waals surface area contributed by atoms with Gasteiger partial charge in [0.1, 0.15) is 11.1 Å². The Hall–Kier alpha value is -2.48. The summed E-state index contributed by atoms with van der Waals surface area (Å²) in [5.74, 6) is -2.27. The molecular formula is C19H23FN4O3. The Morgan fingerprint density at radius 1 is 1.37 bits per heavy atom. The molecule has 2 aromatic heterocycles. The lowest BCUT2D eigenvalue weighted by molar-refractivity contribution is -0.148. The van der Waals surface area contributed by atoms with E-state index in [1.807, 2.05) is 6.92 Å². The lowest BCUT2D eigenvalue weighted by Crippen LogP contribution is -2.42. The third kappa shape index (κ3) is 2.70. The van der Waals surface area contributed by atoms with Crippen molar-refractivity contribution in [3.63, 3.8) is 0 Å². The highest BCUT2D eigenvalue weighted by atomic mass is 19.1. The number of aromatic nitrogens is 2. The fourth-order valence-electron chi connectivity index (χ4n) is 4.52. The molecule has 4 heterocycles. The van der Waals surface area contributed by atoms with E-state index in [-0.39, 0.29) is 18.2 Å². The van der Waals surface area contributed by atoms with Crippen LogP contribution in [-0.2, 0) is 4.79 Å². The number of carbonyl (C=O) groups is 2. The van der Waals surface area contributed by atoms with Gasteiger partial charge < -0.3 is 14.9 Å². The summed E-state index contributed by atoms with van der Waals surface area (Å²) in [4.78, 5) is 32.7. The van der Waals surface area contributed by atoms with Crippen molar-refractivity contribution in [3.05, 3.63) is 35.5 Å². The average molecular weight is 374 g/mol. The highest BCUT2D eigenvalue weighted by Crippen LogP contribution is 2.43. The first-order valence-electron chi connectivity index (χ1n) is 9.25. The van der Waals surface area contributed by atoms with Crippen molar-refractivity contribution < 1.29 is 19.1 Å². The van der Waals surface area contributed by atoms with Gasteiger partial charge >= 0.3 is 5.97 Å². The largest absolute Gasteiger partial charge is 0.481 e. The summed E-state index contributed by atoms with van der Waals surface area (Å²) in [6.07, 6.45) is 2.50. The minimum Gasteiger partial charge on any atom is -0.481 e. The molecule has 0 bridgehead atoms. The molecule has 0 radical (unpaired) electrons. The molecule has 27 heavy (non-hydrogen) atoms. The van der Waals surface area contributed by atoms with E-state index in [4.69, 9.17) is 0 Å². The summed E-state index contributed by atoms with van der Waals surface area (Å²) in [5.41, 5.74) is 0.0729. The smallest absolute Gasteiger partial charge is 0.313 e.